The predicted octanol–water partition coefficient (Wildman–Crippen LogP) is 1.53. The van der Waals surface area contributed by atoms with Crippen LogP contribution in [0, 0.1) is 23.2 Å². The Hall–Kier alpha value is -1.36. The number of allylic oxidation sites excluding steroid dienone is 1. The molecule has 2 heterocycles. The van der Waals surface area contributed by atoms with Crippen molar-refractivity contribution in [2.45, 2.75) is 70.4 Å². The van der Waals surface area contributed by atoms with E-state index in [0.717, 1.165) is 45.1 Å². The van der Waals surface area contributed by atoms with Gasteiger partial charge in [0.1, 0.15) is 12.0 Å². The molecule has 0 unspecified atom stereocenters. The highest BCUT2D eigenvalue weighted by atomic mass is 16.6. The monoisotopic (exact) mass is 361 g/mol. The number of esters is 1. The Morgan fingerprint density at radius 3 is 3.00 bits per heavy atom. The molecule has 5 nitrogen and oxygen atoms in total. The van der Waals surface area contributed by atoms with Gasteiger partial charge in [-0.25, -0.2) is 0 Å². The molecule has 2 saturated carbocycles. The van der Waals surface area contributed by atoms with E-state index in [1.807, 2.05) is 0 Å². The van der Waals surface area contributed by atoms with E-state index in [2.05, 4.69) is 24.1 Å². The van der Waals surface area contributed by atoms with E-state index in [0.29, 0.717) is 18.4 Å². The van der Waals surface area contributed by atoms with Gasteiger partial charge in [-0.15, -0.1) is 0 Å². The molecule has 4 rings (SSSR count). The van der Waals surface area contributed by atoms with Crippen molar-refractivity contribution in [1.82, 2.24) is 5.32 Å². The average molecular weight is 362 g/mol. The van der Waals surface area contributed by atoms with Crippen LogP contribution in [0.4, 0.5) is 0 Å². The summed E-state index contributed by atoms with van der Waals surface area (Å²) in [6.45, 7) is 8.17. The number of hydrogen-bond donors (Lipinski definition) is 2. The van der Waals surface area contributed by atoms with Gasteiger partial charge in [-0.05, 0) is 56.3 Å². The van der Waals surface area contributed by atoms with Crippen LogP contribution in [-0.4, -0.2) is 37.1 Å². The minimum absolute atomic E-state index is 0.0434. The van der Waals surface area contributed by atoms with Crippen molar-refractivity contribution in [2.24, 2.45) is 23.2 Å². The molecule has 3 N–H and O–H groups in total. The van der Waals surface area contributed by atoms with Gasteiger partial charge in [0, 0.05) is 18.9 Å². The standard InChI is InChI=1S/C21H32N2O3/c1-13-6-5-8-21(2)11-18-14(10-16(13)21)15(20(25)26-18)12-23-17-7-3-4-9-22-19(17)24/h14-18,23H,1,3-12H2,2H3,(H,22,24)/p+1/t14-,15+,16-,17+,18-,21-/m1/s1. The maximum absolute atomic E-state index is 12.6. The molecule has 2 saturated heterocycles. The fourth-order valence-corrected chi connectivity index (χ4v) is 6.02. The first kappa shape index (κ1) is 18.0. The Labute approximate surface area is 156 Å². The van der Waals surface area contributed by atoms with Gasteiger partial charge in [-0.3, -0.25) is 9.59 Å². The first-order chi connectivity index (χ1) is 12.5. The molecular formula is C21H33N2O3+. The molecule has 4 fully saturated rings. The van der Waals surface area contributed by atoms with Crippen LogP contribution < -0.4 is 10.6 Å². The highest BCUT2D eigenvalue weighted by Crippen LogP contribution is 2.56. The van der Waals surface area contributed by atoms with Crippen molar-refractivity contribution in [2.75, 3.05) is 13.1 Å². The van der Waals surface area contributed by atoms with Crippen LogP contribution >= 0.6 is 0 Å². The van der Waals surface area contributed by atoms with Gasteiger partial charge in [-0.2, -0.15) is 0 Å². The molecule has 4 aliphatic rings. The second-order valence-electron chi connectivity index (χ2n) is 9.27. The van der Waals surface area contributed by atoms with Crippen LogP contribution in [0.1, 0.15) is 58.3 Å². The Kier molecular flexibility index (Phi) is 4.84. The number of amides is 1. The molecule has 2 aliphatic heterocycles. The van der Waals surface area contributed by atoms with Gasteiger partial charge < -0.3 is 15.4 Å². The van der Waals surface area contributed by atoms with Gasteiger partial charge in [0.15, 0.2) is 6.04 Å². The second kappa shape index (κ2) is 6.99. The van der Waals surface area contributed by atoms with Crippen LogP contribution in [0.2, 0.25) is 0 Å². The minimum atomic E-state index is -0.0738. The van der Waals surface area contributed by atoms with Crippen LogP contribution in [-0.2, 0) is 14.3 Å². The lowest BCUT2D eigenvalue weighted by Crippen LogP contribution is -2.94. The summed E-state index contributed by atoms with van der Waals surface area (Å²) >= 11 is 0. The second-order valence-corrected chi connectivity index (χ2v) is 9.27. The molecule has 0 bridgehead atoms. The fraction of sp³-hybridized carbons (Fsp3) is 0.810. The largest absolute Gasteiger partial charge is 0.462 e. The molecule has 5 heteroatoms. The predicted molar refractivity (Wildman–Crippen MR) is 98.1 cm³/mol. The van der Waals surface area contributed by atoms with Gasteiger partial charge >= 0.3 is 5.97 Å². The minimum Gasteiger partial charge on any atom is -0.462 e. The van der Waals surface area contributed by atoms with Crippen molar-refractivity contribution in [1.29, 1.82) is 0 Å². The lowest BCUT2D eigenvalue weighted by atomic mass is 9.55. The zero-order chi connectivity index (χ0) is 18.3. The Morgan fingerprint density at radius 2 is 2.15 bits per heavy atom. The summed E-state index contributed by atoms with van der Waals surface area (Å²) in [6, 6.07) is -0.0529. The summed E-state index contributed by atoms with van der Waals surface area (Å²) in [5.41, 5.74) is 1.62. The molecule has 0 aromatic carbocycles. The Morgan fingerprint density at radius 1 is 1.31 bits per heavy atom. The molecule has 0 radical (unpaired) electrons. The van der Waals surface area contributed by atoms with Crippen LogP contribution in [0.15, 0.2) is 12.2 Å². The van der Waals surface area contributed by atoms with Gasteiger partial charge in [0.25, 0.3) is 5.91 Å². The fourth-order valence-electron chi connectivity index (χ4n) is 6.02. The maximum Gasteiger partial charge on any atom is 0.315 e. The van der Waals surface area contributed by atoms with E-state index in [4.69, 9.17) is 4.74 Å². The zero-order valence-corrected chi connectivity index (χ0v) is 16.0. The topological polar surface area (TPSA) is 72.0 Å². The molecule has 0 aromatic heterocycles. The average Bonchev–Trinajstić information content (AvgIpc) is 2.74. The third-order valence-electron chi connectivity index (χ3n) is 7.57. The maximum atomic E-state index is 12.6. The third-order valence-corrected chi connectivity index (χ3v) is 7.57. The first-order valence-corrected chi connectivity index (χ1v) is 10.5. The number of nitrogens with two attached hydrogens (primary N) is 1. The van der Waals surface area contributed by atoms with Crippen LogP contribution in [0.3, 0.4) is 0 Å². The first-order valence-electron chi connectivity index (χ1n) is 10.5. The van der Waals surface area contributed by atoms with E-state index in [1.165, 1.54) is 18.4 Å². The van der Waals surface area contributed by atoms with Crippen molar-refractivity contribution in [3.8, 4) is 0 Å². The molecule has 26 heavy (non-hydrogen) atoms. The molecule has 6 atom stereocenters. The molecule has 1 amide bonds. The van der Waals surface area contributed by atoms with Crippen molar-refractivity contribution in [3.05, 3.63) is 12.2 Å². The SMILES string of the molecule is C=C1CCC[C@]2(C)C[C@H]3OC(=O)[C@@H](C[NH2+][C@H]4CCCCNC4=O)[C@H]3C[C@H]12. The molecule has 0 spiro atoms. The van der Waals surface area contributed by atoms with Crippen molar-refractivity contribution >= 4 is 11.9 Å². The Bertz CT molecular complexity index is 604. The number of quaternary nitrogens is 1. The summed E-state index contributed by atoms with van der Waals surface area (Å²) in [7, 11) is 0. The number of fused-ring (bicyclic) bond motifs is 2. The van der Waals surface area contributed by atoms with Gasteiger partial charge in [0.2, 0.25) is 0 Å². The lowest BCUT2D eigenvalue weighted by molar-refractivity contribution is -0.681. The number of nitrogens with one attached hydrogen (secondary N) is 1. The highest BCUT2D eigenvalue weighted by molar-refractivity contribution is 5.80. The number of hydrogen-bond acceptors (Lipinski definition) is 3. The Balaban J connectivity index is 1.44. The molecule has 0 aromatic rings. The summed E-state index contributed by atoms with van der Waals surface area (Å²) in [4.78, 5) is 24.8. The van der Waals surface area contributed by atoms with Crippen molar-refractivity contribution in [3.63, 3.8) is 0 Å². The summed E-state index contributed by atoms with van der Waals surface area (Å²) < 4.78 is 5.83. The van der Waals surface area contributed by atoms with E-state index in [9.17, 15) is 9.59 Å². The molecule has 144 valence electrons. The number of rotatable bonds is 3. The molecular weight excluding hydrogens is 328 g/mol. The number of carbonyl (C=O) groups excluding carboxylic acids is 2. The van der Waals surface area contributed by atoms with Gasteiger partial charge in [-0.1, -0.05) is 19.1 Å². The smallest absolute Gasteiger partial charge is 0.315 e. The van der Waals surface area contributed by atoms with E-state index >= 15 is 0 Å². The summed E-state index contributed by atoms with van der Waals surface area (Å²) in [6.07, 6.45) is 8.66. The third kappa shape index (κ3) is 3.19. The van der Waals surface area contributed by atoms with Crippen LogP contribution in [0.25, 0.3) is 0 Å². The summed E-state index contributed by atoms with van der Waals surface area (Å²) in [5.74, 6) is 0.826. The van der Waals surface area contributed by atoms with Crippen LogP contribution in [0.5, 0.6) is 0 Å². The number of carbonyl (C=O) groups is 2. The number of ether oxygens (including phenoxy) is 1. The van der Waals surface area contributed by atoms with E-state index in [-0.39, 0.29) is 35.4 Å². The van der Waals surface area contributed by atoms with E-state index < -0.39 is 0 Å². The normalized spacial score (nSPS) is 43.1. The van der Waals surface area contributed by atoms with E-state index in [1.54, 1.807) is 0 Å². The molecule has 2 aliphatic carbocycles. The zero-order valence-electron chi connectivity index (χ0n) is 16.0. The highest BCUT2D eigenvalue weighted by Gasteiger charge is 2.55. The summed E-state index contributed by atoms with van der Waals surface area (Å²) in [5, 5.41) is 5.08. The van der Waals surface area contributed by atoms with Crippen molar-refractivity contribution < 1.29 is 19.6 Å². The quantitative estimate of drug-likeness (QED) is 0.592. The lowest BCUT2D eigenvalue weighted by Gasteiger charge is -2.49. The van der Waals surface area contributed by atoms with Gasteiger partial charge in [0.05, 0.1) is 6.54 Å².